The summed E-state index contributed by atoms with van der Waals surface area (Å²) in [5.74, 6) is -0.201. The molecule has 0 aliphatic rings. The molecule has 0 fully saturated rings. The highest BCUT2D eigenvalue weighted by Crippen LogP contribution is 2.12. The van der Waals surface area contributed by atoms with Gasteiger partial charge in [0, 0.05) is 12.1 Å². The monoisotopic (exact) mass is 288 g/mol. The van der Waals surface area contributed by atoms with Crippen molar-refractivity contribution in [2.24, 2.45) is 0 Å². The number of ether oxygens (including phenoxy) is 1. The van der Waals surface area contributed by atoms with Crippen molar-refractivity contribution in [3.8, 4) is 0 Å². The Morgan fingerprint density at radius 3 is 2.20 bits per heavy atom. The molecule has 5 heteroatoms. The second kappa shape index (κ2) is 7.96. The van der Waals surface area contributed by atoms with Crippen LogP contribution in [0.1, 0.15) is 54.9 Å². The average Bonchev–Trinajstić information content (AvgIpc) is 2.30. The third-order valence-corrected chi connectivity index (χ3v) is 3.10. The van der Waals surface area contributed by atoms with Crippen molar-refractivity contribution in [3.63, 3.8) is 0 Å². The third kappa shape index (κ3) is 8.51. The smallest absolute Gasteiger partial charge is 0.239 e. The molecule has 0 aromatic rings. The highest BCUT2D eigenvalue weighted by Gasteiger charge is 2.27. The first-order valence-electron chi connectivity index (χ1n) is 7.36. The fourth-order valence-electron chi connectivity index (χ4n) is 1.59. The highest BCUT2D eigenvalue weighted by atomic mass is 16.5. The number of nitrogens with one attached hydrogen (secondary N) is 2. The van der Waals surface area contributed by atoms with Crippen LogP contribution in [0, 0.1) is 0 Å². The van der Waals surface area contributed by atoms with Crippen molar-refractivity contribution in [2.45, 2.75) is 78.2 Å². The Morgan fingerprint density at radius 2 is 1.80 bits per heavy atom. The number of amides is 1. The first-order chi connectivity index (χ1) is 8.98. The molecule has 0 saturated carbocycles. The normalized spacial score (nSPS) is 15.8. The molecule has 0 aromatic heterocycles. The molecule has 0 unspecified atom stereocenters. The first-order valence-corrected chi connectivity index (χ1v) is 7.36. The Hall–Kier alpha value is -0.650. The summed E-state index contributed by atoms with van der Waals surface area (Å²) in [6.45, 7) is 14.5. The van der Waals surface area contributed by atoms with Gasteiger partial charge in [0.25, 0.3) is 0 Å². The SMILES string of the molecule is CCC(C)(C)OCCNC(=O)[C@@H](NC(C)(C)C)[C@@H](C)O. The number of hydrogen-bond acceptors (Lipinski definition) is 4. The molecule has 5 nitrogen and oxygen atoms in total. The molecule has 20 heavy (non-hydrogen) atoms. The molecule has 0 heterocycles. The molecular formula is C15H32N2O3. The van der Waals surface area contributed by atoms with Crippen molar-refractivity contribution < 1.29 is 14.6 Å². The van der Waals surface area contributed by atoms with Gasteiger partial charge in [-0.2, -0.15) is 0 Å². The summed E-state index contributed by atoms with van der Waals surface area (Å²) < 4.78 is 5.67. The Kier molecular flexibility index (Phi) is 7.70. The highest BCUT2D eigenvalue weighted by molar-refractivity contribution is 5.82. The molecule has 0 bridgehead atoms. The van der Waals surface area contributed by atoms with Gasteiger partial charge in [0.2, 0.25) is 5.91 Å². The van der Waals surface area contributed by atoms with E-state index in [4.69, 9.17) is 4.74 Å². The maximum atomic E-state index is 12.1. The minimum Gasteiger partial charge on any atom is -0.391 e. The largest absolute Gasteiger partial charge is 0.391 e. The van der Waals surface area contributed by atoms with E-state index in [1.807, 2.05) is 34.6 Å². The van der Waals surface area contributed by atoms with Gasteiger partial charge in [-0.1, -0.05) is 6.92 Å². The van der Waals surface area contributed by atoms with Crippen LogP contribution in [0.2, 0.25) is 0 Å². The number of rotatable bonds is 8. The van der Waals surface area contributed by atoms with Gasteiger partial charge in [-0.3, -0.25) is 10.1 Å². The molecule has 0 radical (unpaired) electrons. The number of carbonyl (C=O) groups is 1. The van der Waals surface area contributed by atoms with Gasteiger partial charge < -0.3 is 15.2 Å². The number of carbonyl (C=O) groups excluding carboxylic acids is 1. The second-order valence-corrected chi connectivity index (χ2v) is 6.87. The van der Waals surface area contributed by atoms with Crippen molar-refractivity contribution in [2.75, 3.05) is 13.2 Å². The molecule has 0 aromatic carbocycles. The Balaban J connectivity index is 4.22. The van der Waals surface area contributed by atoms with Crippen LogP contribution in [0.3, 0.4) is 0 Å². The second-order valence-electron chi connectivity index (χ2n) is 6.87. The van der Waals surface area contributed by atoms with Crippen molar-refractivity contribution in [1.29, 1.82) is 0 Å². The summed E-state index contributed by atoms with van der Waals surface area (Å²) in [5, 5.41) is 15.6. The van der Waals surface area contributed by atoms with E-state index in [1.165, 1.54) is 0 Å². The summed E-state index contributed by atoms with van der Waals surface area (Å²) >= 11 is 0. The molecule has 3 N–H and O–H groups in total. The number of hydrogen-bond donors (Lipinski definition) is 3. The summed E-state index contributed by atoms with van der Waals surface area (Å²) in [4.78, 5) is 12.1. The molecule has 0 aliphatic heterocycles. The number of aliphatic hydroxyl groups excluding tert-OH is 1. The van der Waals surface area contributed by atoms with Gasteiger partial charge in [-0.25, -0.2) is 0 Å². The Labute approximate surface area is 123 Å². The van der Waals surface area contributed by atoms with Crippen LogP contribution in [-0.4, -0.2) is 47.5 Å². The molecular weight excluding hydrogens is 256 g/mol. The standard InChI is InChI=1S/C15H32N2O3/c1-8-15(6,7)20-10-9-16-13(19)12(11(2)18)17-14(3,4)5/h11-12,17-18H,8-10H2,1-7H3,(H,16,19)/t11-,12+/m1/s1. The molecule has 0 rings (SSSR count). The van der Waals surface area contributed by atoms with E-state index >= 15 is 0 Å². The van der Waals surface area contributed by atoms with Crippen LogP contribution in [0.4, 0.5) is 0 Å². The summed E-state index contributed by atoms with van der Waals surface area (Å²) in [5.41, 5.74) is -0.405. The van der Waals surface area contributed by atoms with E-state index in [0.717, 1.165) is 6.42 Å². The third-order valence-electron chi connectivity index (χ3n) is 3.10. The average molecular weight is 288 g/mol. The molecule has 0 spiro atoms. The van der Waals surface area contributed by atoms with Crippen molar-refractivity contribution >= 4 is 5.91 Å². The van der Waals surface area contributed by atoms with Crippen LogP contribution in [0.25, 0.3) is 0 Å². The lowest BCUT2D eigenvalue weighted by molar-refractivity contribution is -0.126. The van der Waals surface area contributed by atoms with Crippen molar-refractivity contribution in [1.82, 2.24) is 10.6 Å². The molecule has 0 saturated heterocycles. The summed E-state index contributed by atoms with van der Waals surface area (Å²) in [7, 11) is 0. The molecule has 1 amide bonds. The molecule has 2 atom stereocenters. The van der Waals surface area contributed by atoms with Gasteiger partial charge in [0.15, 0.2) is 0 Å². The zero-order chi connectivity index (χ0) is 16.0. The zero-order valence-corrected chi connectivity index (χ0v) is 14.0. The lowest BCUT2D eigenvalue weighted by Gasteiger charge is -2.30. The predicted octanol–water partition coefficient (Wildman–Crippen LogP) is 1.45. The van der Waals surface area contributed by atoms with Gasteiger partial charge in [-0.05, 0) is 48.0 Å². The zero-order valence-electron chi connectivity index (χ0n) is 14.0. The minimum atomic E-state index is -0.748. The lowest BCUT2D eigenvalue weighted by atomic mass is 10.0. The van der Waals surface area contributed by atoms with E-state index in [0.29, 0.717) is 13.2 Å². The van der Waals surface area contributed by atoms with Crippen LogP contribution in [-0.2, 0) is 9.53 Å². The fourth-order valence-corrected chi connectivity index (χ4v) is 1.59. The van der Waals surface area contributed by atoms with Crippen LogP contribution in [0.15, 0.2) is 0 Å². The lowest BCUT2D eigenvalue weighted by Crippen LogP contribution is -2.56. The minimum absolute atomic E-state index is 0.169. The van der Waals surface area contributed by atoms with Gasteiger partial charge >= 0.3 is 0 Å². The molecule has 120 valence electrons. The predicted molar refractivity (Wildman–Crippen MR) is 81.7 cm³/mol. The van der Waals surface area contributed by atoms with Gasteiger partial charge in [0.1, 0.15) is 6.04 Å². The quantitative estimate of drug-likeness (QED) is 0.591. The first kappa shape index (κ1) is 19.4. The van der Waals surface area contributed by atoms with E-state index in [2.05, 4.69) is 17.6 Å². The van der Waals surface area contributed by atoms with Gasteiger partial charge in [0.05, 0.1) is 18.3 Å². The van der Waals surface area contributed by atoms with Crippen LogP contribution >= 0.6 is 0 Å². The molecule has 0 aliphatic carbocycles. The summed E-state index contributed by atoms with van der Waals surface area (Å²) in [6.07, 6.45) is 0.172. The topological polar surface area (TPSA) is 70.6 Å². The number of aliphatic hydroxyl groups is 1. The Bertz CT molecular complexity index is 296. The fraction of sp³-hybridized carbons (Fsp3) is 0.933. The maximum Gasteiger partial charge on any atom is 0.239 e. The van der Waals surface area contributed by atoms with E-state index in [1.54, 1.807) is 6.92 Å². The van der Waals surface area contributed by atoms with Crippen molar-refractivity contribution in [3.05, 3.63) is 0 Å². The van der Waals surface area contributed by atoms with E-state index in [-0.39, 0.29) is 17.0 Å². The van der Waals surface area contributed by atoms with E-state index in [9.17, 15) is 9.90 Å². The van der Waals surface area contributed by atoms with Crippen LogP contribution < -0.4 is 10.6 Å². The maximum absolute atomic E-state index is 12.1. The Morgan fingerprint density at radius 1 is 1.25 bits per heavy atom. The van der Waals surface area contributed by atoms with E-state index < -0.39 is 12.1 Å². The van der Waals surface area contributed by atoms with Crippen LogP contribution in [0.5, 0.6) is 0 Å². The summed E-state index contributed by atoms with van der Waals surface area (Å²) in [6, 6.07) is -0.616. The van der Waals surface area contributed by atoms with Gasteiger partial charge in [-0.15, -0.1) is 0 Å².